The Labute approximate surface area is 149 Å². The van der Waals surface area contributed by atoms with Crippen molar-refractivity contribution in [2.45, 2.75) is 26.7 Å². The third-order valence-electron chi connectivity index (χ3n) is 3.96. The second kappa shape index (κ2) is 6.54. The molecule has 1 N–H and O–H groups in total. The number of nitrogens with one attached hydrogen (secondary N) is 1. The molecular formula is C19H17ClFNOS. The molecule has 0 saturated carbocycles. The summed E-state index contributed by atoms with van der Waals surface area (Å²) < 4.78 is 14.0. The Balaban J connectivity index is 2.01. The Morgan fingerprint density at radius 3 is 2.71 bits per heavy atom. The van der Waals surface area contributed by atoms with Crippen LogP contribution in [0.4, 0.5) is 10.1 Å². The van der Waals surface area contributed by atoms with Crippen LogP contribution in [0, 0.1) is 12.7 Å². The van der Waals surface area contributed by atoms with Crippen LogP contribution in [-0.2, 0) is 0 Å². The Bertz CT molecular complexity index is 933. The maximum absolute atomic E-state index is 13.4. The van der Waals surface area contributed by atoms with E-state index >= 15 is 0 Å². The average molecular weight is 362 g/mol. The van der Waals surface area contributed by atoms with Crippen LogP contribution in [0.2, 0.25) is 5.02 Å². The van der Waals surface area contributed by atoms with Crippen LogP contribution in [0.25, 0.3) is 10.1 Å². The zero-order valence-electron chi connectivity index (χ0n) is 13.6. The van der Waals surface area contributed by atoms with E-state index in [0.717, 1.165) is 16.8 Å². The molecule has 0 aliphatic heterocycles. The summed E-state index contributed by atoms with van der Waals surface area (Å²) in [7, 11) is 0. The number of rotatable bonds is 3. The van der Waals surface area contributed by atoms with E-state index in [4.69, 9.17) is 11.6 Å². The van der Waals surface area contributed by atoms with Crippen molar-refractivity contribution in [2.75, 3.05) is 5.32 Å². The summed E-state index contributed by atoms with van der Waals surface area (Å²) in [5.74, 6) is -0.321. The lowest BCUT2D eigenvalue weighted by Gasteiger charge is -2.16. The molecule has 0 atom stereocenters. The van der Waals surface area contributed by atoms with E-state index in [9.17, 15) is 9.18 Å². The highest BCUT2D eigenvalue weighted by molar-refractivity contribution is 7.21. The molecule has 0 spiro atoms. The van der Waals surface area contributed by atoms with Gasteiger partial charge in [-0.25, -0.2) is 4.39 Å². The summed E-state index contributed by atoms with van der Waals surface area (Å²) in [6.45, 7) is 6.13. The molecule has 0 unspecified atom stereocenters. The third-order valence-corrected chi connectivity index (χ3v) is 5.62. The fraction of sp³-hybridized carbons (Fsp3) is 0.211. The van der Waals surface area contributed by atoms with Gasteiger partial charge in [-0.2, -0.15) is 0 Å². The number of carbonyl (C=O) groups is 1. The summed E-state index contributed by atoms with van der Waals surface area (Å²) in [6, 6.07) is 10.3. The largest absolute Gasteiger partial charge is 0.321 e. The number of amides is 1. The summed E-state index contributed by atoms with van der Waals surface area (Å²) in [5.41, 5.74) is 2.89. The molecule has 1 heterocycles. The monoisotopic (exact) mass is 361 g/mol. The van der Waals surface area contributed by atoms with Crippen LogP contribution in [0.5, 0.6) is 0 Å². The maximum atomic E-state index is 13.4. The van der Waals surface area contributed by atoms with Gasteiger partial charge in [0.25, 0.3) is 5.91 Å². The highest BCUT2D eigenvalue weighted by Gasteiger charge is 2.19. The molecule has 0 fully saturated rings. The number of halogens is 2. The first-order valence-corrected chi connectivity index (χ1v) is 8.86. The molecule has 0 bridgehead atoms. The Hall–Kier alpha value is -1.91. The lowest BCUT2D eigenvalue weighted by atomic mass is 9.98. The molecule has 0 aliphatic rings. The van der Waals surface area contributed by atoms with Gasteiger partial charge in [0.1, 0.15) is 10.7 Å². The van der Waals surface area contributed by atoms with E-state index in [2.05, 4.69) is 19.2 Å². The minimum Gasteiger partial charge on any atom is -0.321 e. The number of aryl methyl sites for hydroxylation is 1. The highest BCUT2D eigenvalue weighted by Crippen LogP contribution is 2.37. The van der Waals surface area contributed by atoms with Crippen molar-refractivity contribution in [3.63, 3.8) is 0 Å². The first kappa shape index (κ1) is 16.9. The molecule has 124 valence electrons. The molecule has 24 heavy (non-hydrogen) atoms. The molecule has 0 radical (unpaired) electrons. The van der Waals surface area contributed by atoms with Gasteiger partial charge in [0.15, 0.2) is 0 Å². The zero-order chi connectivity index (χ0) is 17.4. The van der Waals surface area contributed by atoms with E-state index in [1.807, 2.05) is 25.1 Å². The Morgan fingerprint density at radius 2 is 2.00 bits per heavy atom. The van der Waals surface area contributed by atoms with Crippen LogP contribution in [-0.4, -0.2) is 5.91 Å². The molecule has 1 aromatic heterocycles. The average Bonchev–Trinajstić information content (AvgIpc) is 2.85. The number of fused-ring (bicyclic) bond motifs is 1. The first-order chi connectivity index (χ1) is 11.4. The molecule has 3 rings (SSSR count). The topological polar surface area (TPSA) is 29.1 Å². The molecule has 3 aromatic rings. The van der Waals surface area contributed by atoms with Gasteiger partial charge in [-0.05, 0) is 42.2 Å². The highest BCUT2D eigenvalue weighted by atomic mass is 35.5. The quantitative estimate of drug-likeness (QED) is 0.576. The Kier molecular flexibility index (Phi) is 4.61. The van der Waals surface area contributed by atoms with Crippen LogP contribution in [0.1, 0.15) is 40.6 Å². The third kappa shape index (κ3) is 3.04. The standard InChI is InChI=1S/C19H17ClFNOS/c1-10(2)13-6-4-5-11(3)17(13)22-19(23)18-16(20)14-8-7-12(21)9-15(14)24-18/h4-10H,1-3H3,(H,22,23). The van der Waals surface area contributed by atoms with Gasteiger partial charge in [0.2, 0.25) is 0 Å². The first-order valence-electron chi connectivity index (χ1n) is 7.67. The fourth-order valence-electron chi connectivity index (χ4n) is 2.70. The van der Waals surface area contributed by atoms with Crippen molar-refractivity contribution >= 4 is 44.6 Å². The fourth-order valence-corrected chi connectivity index (χ4v) is 4.13. The van der Waals surface area contributed by atoms with E-state index in [0.29, 0.717) is 20.0 Å². The number of thiophene rings is 1. The van der Waals surface area contributed by atoms with Crippen molar-refractivity contribution in [1.29, 1.82) is 0 Å². The van der Waals surface area contributed by atoms with Crippen molar-refractivity contribution in [3.05, 3.63) is 63.2 Å². The number of benzene rings is 2. The van der Waals surface area contributed by atoms with E-state index < -0.39 is 0 Å². The Morgan fingerprint density at radius 1 is 1.25 bits per heavy atom. The normalized spacial score (nSPS) is 11.2. The molecule has 0 aliphatic carbocycles. The van der Waals surface area contributed by atoms with Gasteiger partial charge in [-0.3, -0.25) is 4.79 Å². The van der Waals surface area contributed by atoms with E-state index in [1.165, 1.54) is 23.5 Å². The van der Waals surface area contributed by atoms with Crippen molar-refractivity contribution < 1.29 is 9.18 Å². The van der Waals surface area contributed by atoms with E-state index in [1.54, 1.807) is 6.07 Å². The number of para-hydroxylation sites is 1. The minimum atomic E-state index is -0.339. The molecule has 5 heteroatoms. The summed E-state index contributed by atoms with van der Waals surface area (Å²) in [6.07, 6.45) is 0. The summed E-state index contributed by atoms with van der Waals surface area (Å²) in [5, 5.41) is 4.05. The summed E-state index contributed by atoms with van der Waals surface area (Å²) in [4.78, 5) is 13.1. The second-order valence-corrected chi connectivity index (χ2v) is 7.46. The molecule has 2 aromatic carbocycles. The van der Waals surface area contributed by atoms with Gasteiger partial charge >= 0.3 is 0 Å². The van der Waals surface area contributed by atoms with Crippen molar-refractivity contribution in [1.82, 2.24) is 0 Å². The number of anilines is 1. The molecule has 1 amide bonds. The number of hydrogen-bond donors (Lipinski definition) is 1. The van der Waals surface area contributed by atoms with Gasteiger partial charge in [-0.15, -0.1) is 11.3 Å². The lowest BCUT2D eigenvalue weighted by molar-refractivity contribution is 0.103. The zero-order valence-corrected chi connectivity index (χ0v) is 15.2. The maximum Gasteiger partial charge on any atom is 0.267 e. The van der Waals surface area contributed by atoms with Crippen LogP contribution in [0.15, 0.2) is 36.4 Å². The van der Waals surface area contributed by atoms with Gasteiger partial charge < -0.3 is 5.32 Å². The second-order valence-electron chi connectivity index (χ2n) is 6.03. The van der Waals surface area contributed by atoms with E-state index in [-0.39, 0.29) is 17.6 Å². The van der Waals surface area contributed by atoms with Crippen molar-refractivity contribution in [3.8, 4) is 0 Å². The number of carbonyl (C=O) groups excluding carboxylic acids is 1. The SMILES string of the molecule is Cc1cccc(C(C)C)c1NC(=O)c1sc2cc(F)ccc2c1Cl. The van der Waals surface area contributed by atoms with Crippen LogP contribution in [0.3, 0.4) is 0 Å². The van der Waals surface area contributed by atoms with Gasteiger partial charge in [-0.1, -0.05) is 43.6 Å². The lowest BCUT2D eigenvalue weighted by Crippen LogP contribution is -2.14. The predicted octanol–water partition coefficient (Wildman–Crippen LogP) is 6.38. The minimum absolute atomic E-state index is 0.266. The van der Waals surface area contributed by atoms with Crippen LogP contribution < -0.4 is 5.32 Å². The summed E-state index contributed by atoms with van der Waals surface area (Å²) >= 11 is 7.54. The smallest absolute Gasteiger partial charge is 0.267 e. The number of hydrogen-bond acceptors (Lipinski definition) is 2. The van der Waals surface area contributed by atoms with Crippen molar-refractivity contribution in [2.24, 2.45) is 0 Å². The van der Waals surface area contributed by atoms with Crippen LogP contribution >= 0.6 is 22.9 Å². The predicted molar refractivity (Wildman–Crippen MR) is 100 cm³/mol. The van der Waals surface area contributed by atoms with Gasteiger partial charge in [0, 0.05) is 15.8 Å². The molecule has 2 nitrogen and oxygen atoms in total. The molecular weight excluding hydrogens is 345 g/mol. The molecule has 0 saturated heterocycles. The van der Waals surface area contributed by atoms with Gasteiger partial charge in [0.05, 0.1) is 5.02 Å².